The van der Waals surface area contributed by atoms with Crippen LogP contribution in [0.2, 0.25) is 10.0 Å². The number of benzene rings is 1. The van der Waals surface area contributed by atoms with Crippen LogP contribution in [0, 0.1) is 5.92 Å². The highest BCUT2D eigenvalue weighted by Gasteiger charge is 2.21. The molecule has 1 saturated heterocycles. The quantitative estimate of drug-likeness (QED) is 0.853. The highest BCUT2D eigenvalue weighted by molar-refractivity contribution is 6.35. The number of rotatable bonds is 3. The maximum absolute atomic E-state index is 12.0. The number of carbonyl (C=O) groups is 1. The summed E-state index contributed by atoms with van der Waals surface area (Å²) in [7, 11) is 0. The number of amides is 1. The molecule has 0 aromatic heterocycles. The van der Waals surface area contributed by atoms with Crippen LogP contribution < -0.4 is 4.74 Å². The normalized spacial score (nSPS) is 19.3. The summed E-state index contributed by atoms with van der Waals surface area (Å²) in [6.07, 6.45) is 2.25. The van der Waals surface area contributed by atoms with E-state index in [9.17, 15) is 4.79 Å². The van der Waals surface area contributed by atoms with Gasteiger partial charge in [-0.1, -0.05) is 30.1 Å². The Morgan fingerprint density at radius 2 is 2.26 bits per heavy atom. The van der Waals surface area contributed by atoms with Gasteiger partial charge in [-0.25, -0.2) is 0 Å². The molecule has 0 saturated carbocycles. The van der Waals surface area contributed by atoms with Crippen molar-refractivity contribution in [2.45, 2.75) is 19.8 Å². The molecular weight excluding hydrogens is 285 g/mol. The molecule has 104 valence electrons. The van der Waals surface area contributed by atoms with Crippen LogP contribution >= 0.6 is 23.2 Å². The highest BCUT2D eigenvalue weighted by atomic mass is 35.5. The average Bonchev–Trinajstić information content (AvgIpc) is 2.37. The van der Waals surface area contributed by atoms with Crippen LogP contribution in [0.4, 0.5) is 0 Å². The largest absolute Gasteiger partial charge is 0.482 e. The number of hydrogen-bond acceptors (Lipinski definition) is 2. The number of carbonyl (C=O) groups excluding carboxylic acids is 1. The van der Waals surface area contributed by atoms with E-state index < -0.39 is 0 Å². The van der Waals surface area contributed by atoms with E-state index in [1.165, 1.54) is 6.42 Å². The predicted molar refractivity (Wildman–Crippen MR) is 76.9 cm³/mol. The monoisotopic (exact) mass is 301 g/mol. The molecular formula is C14H17Cl2NO2. The lowest BCUT2D eigenvalue weighted by atomic mass is 10.0. The van der Waals surface area contributed by atoms with E-state index in [-0.39, 0.29) is 12.5 Å². The van der Waals surface area contributed by atoms with Gasteiger partial charge in [-0.3, -0.25) is 4.79 Å². The second kappa shape index (κ2) is 6.49. The Hall–Kier alpha value is -0.930. The zero-order chi connectivity index (χ0) is 13.8. The van der Waals surface area contributed by atoms with Crippen molar-refractivity contribution in [1.82, 2.24) is 4.90 Å². The summed E-state index contributed by atoms with van der Waals surface area (Å²) in [5, 5.41) is 0.973. The van der Waals surface area contributed by atoms with Gasteiger partial charge < -0.3 is 9.64 Å². The summed E-state index contributed by atoms with van der Waals surface area (Å²) >= 11 is 11.8. The van der Waals surface area contributed by atoms with E-state index in [4.69, 9.17) is 27.9 Å². The van der Waals surface area contributed by atoms with Crippen molar-refractivity contribution in [2.24, 2.45) is 5.92 Å². The Morgan fingerprint density at radius 1 is 1.47 bits per heavy atom. The van der Waals surface area contributed by atoms with Gasteiger partial charge in [-0.2, -0.15) is 0 Å². The van der Waals surface area contributed by atoms with E-state index in [1.807, 2.05) is 4.90 Å². The van der Waals surface area contributed by atoms with Crippen LogP contribution in [0.25, 0.3) is 0 Å². The second-order valence-electron chi connectivity index (χ2n) is 4.95. The van der Waals surface area contributed by atoms with Crippen molar-refractivity contribution >= 4 is 29.1 Å². The molecule has 0 unspecified atom stereocenters. The lowest BCUT2D eigenvalue weighted by Gasteiger charge is -2.30. The molecule has 3 nitrogen and oxygen atoms in total. The molecule has 1 heterocycles. The number of ether oxygens (including phenoxy) is 1. The molecule has 19 heavy (non-hydrogen) atoms. The van der Waals surface area contributed by atoms with Crippen molar-refractivity contribution < 1.29 is 9.53 Å². The van der Waals surface area contributed by atoms with Crippen LogP contribution in [-0.4, -0.2) is 30.5 Å². The van der Waals surface area contributed by atoms with Gasteiger partial charge in [0.25, 0.3) is 5.91 Å². The van der Waals surface area contributed by atoms with E-state index in [1.54, 1.807) is 18.2 Å². The molecule has 0 N–H and O–H groups in total. The number of hydrogen-bond donors (Lipinski definition) is 0. The van der Waals surface area contributed by atoms with Crippen molar-refractivity contribution in [2.75, 3.05) is 19.7 Å². The predicted octanol–water partition coefficient (Wildman–Crippen LogP) is 3.63. The first-order valence-electron chi connectivity index (χ1n) is 6.42. The number of likely N-dealkylation sites (tertiary alicyclic amines) is 1. The molecule has 2 rings (SSSR count). The van der Waals surface area contributed by atoms with Crippen LogP contribution in [0.5, 0.6) is 5.75 Å². The fourth-order valence-corrected chi connectivity index (χ4v) is 2.70. The molecule has 1 aliphatic heterocycles. The number of nitrogens with zero attached hydrogens (tertiary/aromatic N) is 1. The molecule has 5 heteroatoms. The number of halogens is 2. The Bertz CT molecular complexity index is 465. The van der Waals surface area contributed by atoms with Crippen LogP contribution in [0.15, 0.2) is 18.2 Å². The maximum atomic E-state index is 12.0. The smallest absolute Gasteiger partial charge is 0.260 e. The Labute approximate surface area is 123 Å². The van der Waals surface area contributed by atoms with Gasteiger partial charge in [0.1, 0.15) is 5.75 Å². The Morgan fingerprint density at radius 3 is 2.95 bits per heavy atom. The molecule has 1 atom stereocenters. The third-order valence-corrected chi connectivity index (χ3v) is 3.79. The maximum Gasteiger partial charge on any atom is 0.260 e. The molecule has 1 amide bonds. The second-order valence-corrected chi connectivity index (χ2v) is 5.79. The lowest BCUT2D eigenvalue weighted by molar-refractivity contribution is -0.135. The summed E-state index contributed by atoms with van der Waals surface area (Å²) < 4.78 is 5.46. The topological polar surface area (TPSA) is 29.5 Å². The fourth-order valence-electron chi connectivity index (χ4n) is 2.24. The van der Waals surface area contributed by atoms with Gasteiger partial charge >= 0.3 is 0 Å². The lowest BCUT2D eigenvalue weighted by Crippen LogP contribution is -2.41. The average molecular weight is 302 g/mol. The summed E-state index contributed by atoms with van der Waals surface area (Å²) in [5.74, 6) is 1.07. The fraction of sp³-hybridized carbons (Fsp3) is 0.500. The van der Waals surface area contributed by atoms with Crippen molar-refractivity contribution in [3.8, 4) is 5.75 Å². The van der Waals surface area contributed by atoms with Crippen LogP contribution in [0.1, 0.15) is 19.8 Å². The van der Waals surface area contributed by atoms with E-state index in [0.29, 0.717) is 21.7 Å². The molecule has 1 aromatic carbocycles. The third kappa shape index (κ3) is 4.02. The van der Waals surface area contributed by atoms with Crippen molar-refractivity contribution in [1.29, 1.82) is 0 Å². The summed E-state index contributed by atoms with van der Waals surface area (Å²) in [6.45, 7) is 3.82. The standard InChI is InChI=1S/C14H17Cl2NO2/c1-10-3-2-6-17(8-10)14(18)9-19-13-5-4-11(15)7-12(13)16/h4-5,7,10H,2-3,6,8-9H2,1H3/t10-/m1/s1. The molecule has 1 aliphatic rings. The molecule has 0 aliphatic carbocycles. The van der Waals surface area contributed by atoms with Gasteiger partial charge in [0.2, 0.25) is 0 Å². The molecule has 1 fully saturated rings. The van der Waals surface area contributed by atoms with E-state index in [2.05, 4.69) is 6.92 Å². The van der Waals surface area contributed by atoms with Crippen LogP contribution in [0.3, 0.4) is 0 Å². The van der Waals surface area contributed by atoms with Crippen molar-refractivity contribution in [3.63, 3.8) is 0 Å². The first-order valence-corrected chi connectivity index (χ1v) is 7.17. The van der Waals surface area contributed by atoms with Gasteiger partial charge in [0.05, 0.1) is 5.02 Å². The third-order valence-electron chi connectivity index (χ3n) is 3.25. The highest BCUT2D eigenvalue weighted by Crippen LogP contribution is 2.27. The Kier molecular flexibility index (Phi) is 4.94. The van der Waals surface area contributed by atoms with E-state index in [0.717, 1.165) is 19.5 Å². The zero-order valence-corrected chi connectivity index (χ0v) is 12.4. The SMILES string of the molecule is C[C@@H]1CCCN(C(=O)COc2ccc(Cl)cc2Cl)C1. The summed E-state index contributed by atoms with van der Waals surface area (Å²) in [4.78, 5) is 13.9. The Balaban J connectivity index is 1.89. The number of piperidine rings is 1. The zero-order valence-electron chi connectivity index (χ0n) is 10.9. The van der Waals surface area contributed by atoms with Crippen molar-refractivity contribution in [3.05, 3.63) is 28.2 Å². The van der Waals surface area contributed by atoms with Crippen LogP contribution in [-0.2, 0) is 4.79 Å². The van der Waals surface area contributed by atoms with Gasteiger partial charge in [-0.05, 0) is 37.0 Å². The van der Waals surface area contributed by atoms with Gasteiger partial charge in [0.15, 0.2) is 6.61 Å². The van der Waals surface area contributed by atoms with E-state index >= 15 is 0 Å². The summed E-state index contributed by atoms with van der Waals surface area (Å²) in [6, 6.07) is 4.97. The van der Waals surface area contributed by atoms with Gasteiger partial charge in [-0.15, -0.1) is 0 Å². The minimum absolute atomic E-state index is 0.0116. The van der Waals surface area contributed by atoms with Gasteiger partial charge in [0, 0.05) is 18.1 Å². The minimum atomic E-state index is 0.0116. The molecule has 1 aromatic rings. The summed E-state index contributed by atoms with van der Waals surface area (Å²) in [5.41, 5.74) is 0. The molecule has 0 bridgehead atoms. The minimum Gasteiger partial charge on any atom is -0.482 e. The first kappa shape index (κ1) is 14.5. The molecule has 0 radical (unpaired) electrons. The molecule has 0 spiro atoms. The first-order chi connectivity index (χ1) is 9.06.